The van der Waals surface area contributed by atoms with Gasteiger partial charge in [-0.15, -0.1) is 0 Å². The molecule has 2 rings (SSSR count). The van der Waals surface area contributed by atoms with Gasteiger partial charge in [0.1, 0.15) is 5.82 Å². The SMILES string of the molecule is CCCc1nc2ccccc2n1CCOCCS. The lowest BCUT2D eigenvalue weighted by atomic mass is 10.3. The van der Waals surface area contributed by atoms with Gasteiger partial charge in [-0.25, -0.2) is 4.98 Å². The van der Waals surface area contributed by atoms with Gasteiger partial charge < -0.3 is 9.30 Å². The molecule has 0 atom stereocenters. The van der Waals surface area contributed by atoms with Gasteiger partial charge in [0.25, 0.3) is 0 Å². The molecule has 1 aromatic carbocycles. The monoisotopic (exact) mass is 264 g/mol. The molecule has 0 aliphatic rings. The summed E-state index contributed by atoms with van der Waals surface area (Å²) in [6, 6.07) is 8.29. The van der Waals surface area contributed by atoms with Gasteiger partial charge in [0, 0.05) is 18.7 Å². The molecule has 0 amide bonds. The first-order valence-electron chi connectivity index (χ1n) is 6.49. The minimum absolute atomic E-state index is 0.707. The minimum Gasteiger partial charge on any atom is -0.379 e. The van der Waals surface area contributed by atoms with Crippen molar-refractivity contribution in [2.45, 2.75) is 26.3 Å². The molecule has 0 N–H and O–H groups in total. The Labute approximate surface area is 114 Å². The lowest BCUT2D eigenvalue weighted by molar-refractivity contribution is 0.141. The van der Waals surface area contributed by atoms with Gasteiger partial charge in [-0.05, 0) is 18.6 Å². The second-order valence-corrected chi connectivity index (χ2v) is 4.70. The van der Waals surface area contributed by atoms with E-state index < -0.39 is 0 Å². The van der Waals surface area contributed by atoms with Gasteiger partial charge in [-0.2, -0.15) is 12.6 Å². The maximum Gasteiger partial charge on any atom is 0.109 e. The van der Waals surface area contributed by atoms with Crippen LogP contribution in [0.5, 0.6) is 0 Å². The van der Waals surface area contributed by atoms with Crippen LogP contribution in [-0.2, 0) is 17.7 Å². The second kappa shape index (κ2) is 6.81. The van der Waals surface area contributed by atoms with E-state index in [1.165, 1.54) is 5.52 Å². The van der Waals surface area contributed by atoms with Crippen molar-refractivity contribution in [1.29, 1.82) is 0 Å². The molecule has 98 valence electrons. The Hall–Kier alpha value is -1.00. The standard InChI is InChI=1S/C14H20N2OS/c1-2-5-14-15-12-6-3-4-7-13(12)16(14)8-9-17-10-11-18/h3-4,6-7,18H,2,5,8-11H2,1H3. The van der Waals surface area contributed by atoms with Crippen molar-refractivity contribution in [1.82, 2.24) is 9.55 Å². The van der Waals surface area contributed by atoms with Crippen LogP contribution in [0.1, 0.15) is 19.2 Å². The summed E-state index contributed by atoms with van der Waals surface area (Å²) in [5.74, 6) is 1.93. The van der Waals surface area contributed by atoms with Crippen molar-refractivity contribution in [2.24, 2.45) is 0 Å². The predicted molar refractivity (Wildman–Crippen MR) is 78.4 cm³/mol. The molecule has 0 radical (unpaired) electrons. The molecule has 4 heteroatoms. The molecule has 0 spiro atoms. The van der Waals surface area contributed by atoms with Gasteiger partial charge in [0.15, 0.2) is 0 Å². The van der Waals surface area contributed by atoms with Crippen molar-refractivity contribution < 1.29 is 4.74 Å². The first kappa shape index (κ1) is 13.4. The molecule has 0 saturated carbocycles. The van der Waals surface area contributed by atoms with E-state index in [0.29, 0.717) is 6.61 Å². The van der Waals surface area contributed by atoms with Gasteiger partial charge >= 0.3 is 0 Å². The Morgan fingerprint density at radius 3 is 2.89 bits per heavy atom. The first-order valence-corrected chi connectivity index (χ1v) is 7.12. The molecule has 18 heavy (non-hydrogen) atoms. The Kier molecular flexibility index (Phi) is 5.08. The highest BCUT2D eigenvalue weighted by Gasteiger charge is 2.08. The number of nitrogens with zero attached hydrogens (tertiary/aromatic N) is 2. The topological polar surface area (TPSA) is 27.1 Å². The molecule has 1 heterocycles. The molecule has 0 unspecified atom stereocenters. The number of aryl methyl sites for hydroxylation is 1. The number of rotatable bonds is 7. The van der Waals surface area contributed by atoms with Crippen LogP contribution in [0.3, 0.4) is 0 Å². The smallest absolute Gasteiger partial charge is 0.109 e. The summed E-state index contributed by atoms with van der Waals surface area (Å²) in [7, 11) is 0. The van der Waals surface area contributed by atoms with Gasteiger partial charge in [0.2, 0.25) is 0 Å². The highest BCUT2D eigenvalue weighted by atomic mass is 32.1. The van der Waals surface area contributed by atoms with Crippen LogP contribution >= 0.6 is 12.6 Å². The summed E-state index contributed by atoms with van der Waals surface area (Å²) >= 11 is 4.14. The third-order valence-corrected chi connectivity index (χ3v) is 3.08. The quantitative estimate of drug-likeness (QED) is 0.615. The summed E-state index contributed by atoms with van der Waals surface area (Å²) in [5.41, 5.74) is 2.28. The first-order chi connectivity index (χ1) is 8.86. The third kappa shape index (κ3) is 3.06. The molecule has 3 nitrogen and oxygen atoms in total. The summed E-state index contributed by atoms with van der Waals surface area (Å²) in [6.45, 7) is 4.47. The van der Waals surface area contributed by atoms with E-state index in [1.54, 1.807) is 0 Å². The normalized spacial score (nSPS) is 11.2. The number of hydrogen-bond donors (Lipinski definition) is 1. The number of imidazole rings is 1. The summed E-state index contributed by atoms with van der Waals surface area (Å²) in [4.78, 5) is 4.69. The zero-order valence-electron chi connectivity index (χ0n) is 10.8. The Balaban J connectivity index is 2.19. The lowest BCUT2D eigenvalue weighted by Crippen LogP contribution is -2.10. The van der Waals surface area contributed by atoms with E-state index >= 15 is 0 Å². The van der Waals surface area contributed by atoms with Crippen LogP contribution in [0.2, 0.25) is 0 Å². The maximum atomic E-state index is 5.51. The van der Waals surface area contributed by atoms with Crippen molar-refractivity contribution in [3.8, 4) is 0 Å². The molecule has 0 saturated heterocycles. The molecule has 0 aliphatic carbocycles. The fourth-order valence-corrected chi connectivity index (χ4v) is 2.24. The molecule has 0 aliphatic heterocycles. The van der Waals surface area contributed by atoms with E-state index in [-0.39, 0.29) is 0 Å². The number of hydrogen-bond acceptors (Lipinski definition) is 3. The van der Waals surface area contributed by atoms with Crippen LogP contribution in [0.4, 0.5) is 0 Å². The van der Waals surface area contributed by atoms with Gasteiger partial charge in [0.05, 0.1) is 24.2 Å². The highest BCUT2D eigenvalue weighted by Crippen LogP contribution is 2.16. The number of ether oxygens (including phenoxy) is 1. The number of fused-ring (bicyclic) bond motifs is 1. The van der Waals surface area contributed by atoms with Gasteiger partial charge in [-0.1, -0.05) is 19.1 Å². The molecule has 1 aromatic heterocycles. The van der Waals surface area contributed by atoms with E-state index in [0.717, 1.165) is 43.1 Å². The highest BCUT2D eigenvalue weighted by molar-refractivity contribution is 7.80. The van der Waals surface area contributed by atoms with E-state index in [1.807, 2.05) is 6.07 Å². The zero-order chi connectivity index (χ0) is 12.8. The number of benzene rings is 1. The number of aromatic nitrogens is 2. The number of thiol groups is 1. The van der Waals surface area contributed by atoms with Crippen LogP contribution in [0, 0.1) is 0 Å². The van der Waals surface area contributed by atoms with Crippen LogP contribution in [0.15, 0.2) is 24.3 Å². The van der Waals surface area contributed by atoms with E-state index in [9.17, 15) is 0 Å². The fourth-order valence-electron chi connectivity index (χ4n) is 2.11. The van der Waals surface area contributed by atoms with Crippen molar-refractivity contribution in [3.63, 3.8) is 0 Å². The molecule has 0 bridgehead atoms. The number of para-hydroxylation sites is 2. The Morgan fingerprint density at radius 2 is 2.11 bits per heavy atom. The lowest BCUT2D eigenvalue weighted by Gasteiger charge is -2.08. The van der Waals surface area contributed by atoms with E-state index in [4.69, 9.17) is 9.72 Å². The Bertz CT molecular complexity index is 495. The average Bonchev–Trinajstić information content (AvgIpc) is 2.73. The molecular weight excluding hydrogens is 244 g/mol. The summed E-state index contributed by atoms with van der Waals surface area (Å²) < 4.78 is 7.79. The van der Waals surface area contributed by atoms with Crippen LogP contribution in [-0.4, -0.2) is 28.5 Å². The third-order valence-electron chi connectivity index (χ3n) is 2.90. The molecule has 2 aromatic rings. The second-order valence-electron chi connectivity index (χ2n) is 4.25. The minimum atomic E-state index is 0.707. The van der Waals surface area contributed by atoms with Crippen LogP contribution in [0.25, 0.3) is 11.0 Å². The predicted octanol–water partition coefficient (Wildman–Crippen LogP) is 2.94. The van der Waals surface area contributed by atoms with Crippen LogP contribution < -0.4 is 0 Å². The van der Waals surface area contributed by atoms with Crippen molar-refractivity contribution >= 4 is 23.7 Å². The Morgan fingerprint density at radius 1 is 1.28 bits per heavy atom. The summed E-state index contributed by atoms with van der Waals surface area (Å²) in [6.07, 6.45) is 2.13. The maximum absolute atomic E-state index is 5.51. The van der Waals surface area contributed by atoms with Crippen molar-refractivity contribution in [3.05, 3.63) is 30.1 Å². The van der Waals surface area contributed by atoms with Crippen molar-refractivity contribution in [2.75, 3.05) is 19.0 Å². The molecule has 0 fully saturated rings. The van der Waals surface area contributed by atoms with E-state index in [2.05, 4.69) is 42.3 Å². The zero-order valence-corrected chi connectivity index (χ0v) is 11.7. The van der Waals surface area contributed by atoms with Gasteiger partial charge in [-0.3, -0.25) is 0 Å². The fraction of sp³-hybridized carbons (Fsp3) is 0.500. The average molecular weight is 264 g/mol. The largest absolute Gasteiger partial charge is 0.379 e. The molecular formula is C14H20N2OS. The summed E-state index contributed by atoms with van der Waals surface area (Å²) in [5, 5.41) is 0.